The zero-order chi connectivity index (χ0) is 35.2. The van der Waals surface area contributed by atoms with Gasteiger partial charge in [0.2, 0.25) is 0 Å². The topological polar surface area (TPSA) is 89.0 Å². The van der Waals surface area contributed by atoms with Crippen molar-refractivity contribution in [1.29, 1.82) is 5.41 Å². The molecule has 0 aliphatic rings. The highest BCUT2D eigenvalue weighted by Crippen LogP contribution is 2.46. The van der Waals surface area contributed by atoms with E-state index in [9.17, 15) is 0 Å². The van der Waals surface area contributed by atoms with Gasteiger partial charge in [-0.1, -0.05) is 115 Å². The Kier molecular flexibility index (Phi) is 7.55. The van der Waals surface area contributed by atoms with E-state index in [0.717, 1.165) is 66.6 Å². The number of para-hydroxylation sites is 3. The quantitative estimate of drug-likeness (QED) is 0.111. The van der Waals surface area contributed by atoms with Crippen LogP contribution in [0.25, 0.3) is 55.2 Å². The fourth-order valence-electron chi connectivity index (χ4n) is 7.54. The number of nitrogens with zero attached hydrogens (tertiary/aromatic N) is 3. The molecule has 0 unspecified atom stereocenters. The van der Waals surface area contributed by atoms with Crippen LogP contribution in [0.4, 0.5) is 17.2 Å². The molecule has 6 heteroatoms. The van der Waals surface area contributed by atoms with Gasteiger partial charge < -0.3 is 20.9 Å². The number of benzene rings is 7. The summed E-state index contributed by atoms with van der Waals surface area (Å²) in [7, 11) is 0. The van der Waals surface area contributed by atoms with Crippen LogP contribution in [0.15, 0.2) is 176 Å². The second-order valence-corrected chi connectivity index (χ2v) is 13.1. The Labute approximate surface area is 301 Å². The molecule has 2 heterocycles. The summed E-state index contributed by atoms with van der Waals surface area (Å²) in [5.41, 5.74) is 24.4. The van der Waals surface area contributed by atoms with Gasteiger partial charge in [0.25, 0.3) is 0 Å². The molecule has 6 nitrogen and oxygen atoms in total. The number of fused-ring (bicyclic) bond motifs is 4. The highest BCUT2D eigenvalue weighted by Gasteiger charge is 2.25. The molecular formula is C46H36N6. The molecule has 0 aliphatic carbocycles. The summed E-state index contributed by atoms with van der Waals surface area (Å²) in [5.74, 6) is 0.686. The molecule has 0 atom stereocenters. The summed E-state index contributed by atoms with van der Waals surface area (Å²) >= 11 is 0. The van der Waals surface area contributed by atoms with Gasteiger partial charge in [-0.15, -0.1) is 0 Å². The van der Waals surface area contributed by atoms with Gasteiger partial charge in [-0.2, -0.15) is 0 Å². The van der Waals surface area contributed by atoms with Crippen molar-refractivity contribution < 1.29 is 0 Å². The third kappa shape index (κ3) is 5.25. The summed E-state index contributed by atoms with van der Waals surface area (Å²) in [5, 5.41) is 11.7. The number of amidine groups is 1. The lowest BCUT2D eigenvalue weighted by Gasteiger charge is -2.26. The molecule has 0 spiro atoms. The molecule has 5 N–H and O–H groups in total. The minimum atomic E-state index is 0.0250. The SMILES string of the molecule is N=C(N)c1cc(-c2ccccc2)cc(-n2c3ccccc3c3cc4c(N(Cc5ccccc5)c5ccccc5)c(N)n(-c5ccccc5)c4cc32)c1. The van der Waals surface area contributed by atoms with Gasteiger partial charge in [-0.25, -0.2) is 0 Å². The van der Waals surface area contributed by atoms with Gasteiger partial charge in [0.1, 0.15) is 11.7 Å². The van der Waals surface area contributed by atoms with E-state index in [1.165, 1.54) is 5.56 Å². The summed E-state index contributed by atoms with van der Waals surface area (Å²) in [4.78, 5) is 2.33. The first-order valence-electron chi connectivity index (χ1n) is 17.4. The second-order valence-electron chi connectivity index (χ2n) is 13.1. The third-order valence-corrected chi connectivity index (χ3v) is 9.90. The summed E-state index contributed by atoms with van der Waals surface area (Å²) in [6, 6.07) is 60.9. The van der Waals surface area contributed by atoms with Crippen molar-refractivity contribution in [3.05, 3.63) is 187 Å². The number of aromatic nitrogens is 2. The van der Waals surface area contributed by atoms with Crippen molar-refractivity contribution in [3.8, 4) is 22.5 Å². The first-order chi connectivity index (χ1) is 25.5. The minimum absolute atomic E-state index is 0.0250. The molecule has 0 saturated carbocycles. The molecule has 7 aromatic carbocycles. The van der Waals surface area contributed by atoms with E-state index in [4.69, 9.17) is 16.9 Å². The first-order valence-corrected chi connectivity index (χ1v) is 17.4. The van der Waals surface area contributed by atoms with E-state index in [-0.39, 0.29) is 5.84 Å². The first kappa shape index (κ1) is 31.0. The van der Waals surface area contributed by atoms with Crippen molar-refractivity contribution in [2.45, 2.75) is 6.54 Å². The molecule has 0 saturated heterocycles. The Morgan fingerprint density at radius 1 is 0.519 bits per heavy atom. The zero-order valence-corrected chi connectivity index (χ0v) is 28.4. The maximum absolute atomic E-state index is 8.44. The summed E-state index contributed by atoms with van der Waals surface area (Å²) in [6.07, 6.45) is 0. The Hall–Kier alpha value is -7.05. The highest BCUT2D eigenvalue weighted by molar-refractivity contribution is 6.17. The van der Waals surface area contributed by atoms with Crippen molar-refractivity contribution >= 4 is 55.7 Å². The summed E-state index contributed by atoms with van der Waals surface area (Å²) in [6.45, 7) is 0.642. The van der Waals surface area contributed by atoms with E-state index in [2.05, 4.69) is 129 Å². The van der Waals surface area contributed by atoms with Crippen LogP contribution < -0.4 is 16.4 Å². The molecule has 0 radical (unpaired) electrons. The molecule has 250 valence electrons. The van der Waals surface area contributed by atoms with E-state index >= 15 is 0 Å². The molecule has 0 amide bonds. The lowest BCUT2D eigenvalue weighted by atomic mass is 10.0. The van der Waals surface area contributed by atoms with Crippen LogP contribution in [0, 0.1) is 5.41 Å². The Morgan fingerprint density at radius 3 is 1.85 bits per heavy atom. The largest absolute Gasteiger partial charge is 0.384 e. The molecule has 0 fully saturated rings. The lowest BCUT2D eigenvalue weighted by Crippen LogP contribution is -2.18. The molecule has 52 heavy (non-hydrogen) atoms. The number of anilines is 3. The predicted octanol–water partition coefficient (Wildman–Crippen LogP) is 10.6. The number of nitrogens with one attached hydrogen (secondary N) is 1. The fourth-order valence-corrected chi connectivity index (χ4v) is 7.54. The number of hydrogen-bond donors (Lipinski definition) is 3. The van der Waals surface area contributed by atoms with E-state index in [0.29, 0.717) is 17.9 Å². The van der Waals surface area contributed by atoms with Gasteiger partial charge in [-0.3, -0.25) is 9.98 Å². The third-order valence-electron chi connectivity index (χ3n) is 9.90. The Balaban J connectivity index is 1.38. The van der Waals surface area contributed by atoms with Crippen LogP contribution >= 0.6 is 0 Å². The zero-order valence-electron chi connectivity index (χ0n) is 28.4. The van der Waals surface area contributed by atoms with Crippen LogP contribution in [0.1, 0.15) is 11.1 Å². The van der Waals surface area contributed by atoms with E-state index in [1.54, 1.807) is 0 Å². The van der Waals surface area contributed by atoms with Crippen LogP contribution in [0.2, 0.25) is 0 Å². The van der Waals surface area contributed by atoms with E-state index in [1.807, 2.05) is 60.7 Å². The number of rotatable bonds is 8. The van der Waals surface area contributed by atoms with Crippen LogP contribution in [0.3, 0.4) is 0 Å². The molecule has 9 aromatic rings. The maximum atomic E-state index is 8.44. The Bertz CT molecular complexity index is 2730. The summed E-state index contributed by atoms with van der Waals surface area (Å²) < 4.78 is 4.47. The fraction of sp³-hybridized carbons (Fsp3) is 0.0217. The number of nitrogens with two attached hydrogens (primary N) is 2. The van der Waals surface area contributed by atoms with Crippen molar-refractivity contribution in [2.75, 3.05) is 10.6 Å². The van der Waals surface area contributed by atoms with Crippen molar-refractivity contribution in [2.24, 2.45) is 5.73 Å². The molecule has 9 rings (SSSR count). The monoisotopic (exact) mass is 672 g/mol. The lowest BCUT2D eigenvalue weighted by molar-refractivity contribution is 0.977. The highest BCUT2D eigenvalue weighted by atomic mass is 15.2. The Morgan fingerprint density at radius 2 is 1.13 bits per heavy atom. The van der Waals surface area contributed by atoms with E-state index < -0.39 is 0 Å². The van der Waals surface area contributed by atoms with Gasteiger partial charge in [0.05, 0.1) is 22.2 Å². The minimum Gasteiger partial charge on any atom is -0.384 e. The van der Waals surface area contributed by atoms with Crippen molar-refractivity contribution in [3.63, 3.8) is 0 Å². The predicted molar refractivity (Wildman–Crippen MR) is 217 cm³/mol. The van der Waals surface area contributed by atoms with Crippen LogP contribution in [0.5, 0.6) is 0 Å². The normalized spacial score (nSPS) is 11.4. The number of nitrogen functional groups attached to an aromatic ring is 2. The average Bonchev–Trinajstić information content (AvgIpc) is 3.67. The van der Waals surface area contributed by atoms with Gasteiger partial charge in [0, 0.05) is 45.3 Å². The van der Waals surface area contributed by atoms with Crippen LogP contribution in [-0.4, -0.2) is 15.0 Å². The molecular weight excluding hydrogens is 637 g/mol. The van der Waals surface area contributed by atoms with Gasteiger partial charge >= 0.3 is 0 Å². The van der Waals surface area contributed by atoms with Crippen LogP contribution in [-0.2, 0) is 6.54 Å². The second kappa shape index (κ2) is 12.7. The smallest absolute Gasteiger partial charge is 0.133 e. The van der Waals surface area contributed by atoms with Gasteiger partial charge in [-0.05, 0) is 77.4 Å². The molecule has 2 aromatic heterocycles. The van der Waals surface area contributed by atoms with Crippen molar-refractivity contribution in [1.82, 2.24) is 9.13 Å². The maximum Gasteiger partial charge on any atom is 0.133 e. The number of hydrogen-bond acceptors (Lipinski definition) is 3. The average molecular weight is 673 g/mol. The standard InChI is InChI=1S/C46H36N6/c47-45(48)34-25-33(32-17-7-2-8-18-32)26-37(27-34)51-41-24-14-13-23-38(41)39-28-40-43(29-42(39)51)52(36-21-11-4-12-22-36)46(49)44(40)50(35-19-9-3-10-20-35)30-31-15-5-1-6-16-31/h1-29H,30,49H2,(H3,47,48). The molecule has 0 bridgehead atoms. The molecule has 0 aliphatic heterocycles. The van der Waals surface area contributed by atoms with Gasteiger partial charge in [0.15, 0.2) is 0 Å².